The number of anilines is 3. The molecule has 0 amide bonds. The summed E-state index contributed by atoms with van der Waals surface area (Å²) in [6.45, 7) is 0. The molecule has 4 nitrogen and oxygen atoms in total. The monoisotopic (exact) mass is 262 g/mol. The van der Waals surface area contributed by atoms with Gasteiger partial charge in [0, 0.05) is 11.2 Å². The second-order valence-electron chi connectivity index (χ2n) is 3.52. The van der Waals surface area contributed by atoms with Gasteiger partial charge >= 0.3 is 0 Å². The third kappa shape index (κ3) is 2.50. The van der Waals surface area contributed by atoms with Crippen LogP contribution in [0.2, 0.25) is 5.02 Å². The summed E-state index contributed by atoms with van der Waals surface area (Å²) in [5.41, 5.74) is 6.47. The van der Waals surface area contributed by atoms with Gasteiger partial charge in [-0.2, -0.15) is 5.26 Å². The van der Waals surface area contributed by atoms with Gasteiger partial charge in [-0.3, -0.25) is 0 Å². The fourth-order valence-corrected chi connectivity index (χ4v) is 1.54. The van der Waals surface area contributed by atoms with Crippen LogP contribution in [-0.4, -0.2) is 4.98 Å². The van der Waals surface area contributed by atoms with Crippen molar-refractivity contribution in [1.29, 1.82) is 5.26 Å². The minimum atomic E-state index is -0.468. The van der Waals surface area contributed by atoms with Crippen LogP contribution in [0.15, 0.2) is 30.5 Å². The zero-order valence-electron chi connectivity index (χ0n) is 9.11. The van der Waals surface area contributed by atoms with E-state index in [0.717, 1.165) is 0 Å². The summed E-state index contributed by atoms with van der Waals surface area (Å²) in [6.07, 6.45) is 1.35. The molecule has 0 aliphatic carbocycles. The highest BCUT2D eigenvalue weighted by atomic mass is 35.5. The average molecular weight is 263 g/mol. The minimum Gasteiger partial charge on any atom is -0.396 e. The Bertz CT molecular complexity index is 636. The number of halogens is 2. The van der Waals surface area contributed by atoms with Crippen molar-refractivity contribution in [1.82, 2.24) is 4.98 Å². The number of hydrogen-bond acceptors (Lipinski definition) is 4. The molecule has 0 radical (unpaired) electrons. The van der Waals surface area contributed by atoms with Gasteiger partial charge in [0.15, 0.2) is 5.82 Å². The number of rotatable bonds is 2. The van der Waals surface area contributed by atoms with Gasteiger partial charge < -0.3 is 11.1 Å². The van der Waals surface area contributed by atoms with E-state index in [1.165, 1.54) is 30.5 Å². The number of benzene rings is 1. The van der Waals surface area contributed by atoms with E-state index in [1.807, 2.05) is 6.07 Å². The van der Waals surface area contributed by atoms with E-state index in [2.05, 4.69) is 10.3 Å². The highest BCUT2D eigenvalue weighted by Gasteiger charge is 2.07. The number of pyridine rings is 1. The van der Waals surface area contributed by atoms with E-state index in [4.69, 9.17) is 22.6 Å². The number of nitrogens with one attached hydrogen (secondary N) is 1. The number of nitrogens with two attached hydrogens (primary N) is 1. The van der Waals surface area contributed by atoms with Crippen molar-refractivity contribution in [2.24, 2.45) is 0 Å². The smallest absolute Gasteiger partial charge is 0.153 e. The van der Waals surface area contributed by atoms with E-state index < -0.39 is 5.82 Å². The van der Waals surface area contributed by atoms with E-state index in [1.54, 1.807) is 0 Å². The first-order valence-corrected chi connectivity index (χ1v) is 5.35. The molecule has 2 rings (SSSR count). The molecule has 2 aromatic rings. The van der Waals surface area contributed by atoms with Crippen LogP contribution in [0.25, 0.3) is 0 Å². The van der Waals surface area contributed by atoms with Gasteiger partial charge in [0.2, 0.25) is 0 Å². The number of nitrogen functional groups attached to an aromatic ring is 1. The first-order valence-electron chi connectivity index (χ1n) is 4.98. The van der Waals surface area contributed by atoms with Gasteiger partial charge in [-0.05, 0) is 24.3 Å². The molecule has 6 heteroatoms. The Balaban J connectivity index is 2.34. The van der Waals surface area contributed by atoms with Crippen LogP contribution in [0, 0.1) is 17.1 Å². The summed E-state index contributed by atoms with van der Waals surface area (Å²) < 4.78 is 13.5. The lowest BCUT2D eigenvalue weighted by molar-refractivity contribution is 0.632. The predicted octanol–water partition coefficient (Wildman–Crippen LogP) is 3.07. The molecular formula is C12H8ClFN4. The molecule has 90 valence electrons. The normalized spacial score (nSPS) is 9.83. The summed E-state index contributed by atoms with van der Waals surface area (Å²) >= 11 is 5.77. The molecule has 0 aliphatic heterocycles. The quantitative estimate of drug-likeness (QED) is 0.872. The Morgan fingerprint density at radius 2 is 2.17 bits per heavy atom. The van der Waals surface area contributed by atoms with Crippen LogP contribution in [0.4, 0.5) is 21.6 Å². The third-order valence-corrected chi connectivity index (χ3v) is 2.46. The molecule has 0 atom stereocenters. The predicted molar refractivity (Wildman–Crippen MR) is 68.1 cm³/mol. The van der Waals surface area contributed by atoms with Crippen molar-refractivity contribution in [3.05, 3.63) is 46.9 Å². The second-order valence-corrected chi connectivity index (χ2v) is 3.96. The molecule has 1 heterocycles. The Kier molecular flexibility index (Phi) is 3.31. The fourth-order valence-electron chi connectivity index (χ4n) is 1.37. The van der Waals surface area contributed by atoms with Gasteiger partial charge in [-0.25, -0.2) is 9.37 Å². The maximum Gasteiger partial charge on any atom is 0.153 e. The van der Waals surface area contributed by atoms with Crippen LogP contribution >= 0.6 is 11.6 Å². The number of nitrogens with zero attached hydrogens (tertiary/aromatic N) is 2. The van der Waals surface area contributed by atoms with Gasteiger partial charge in [-0.1, -0.05) is 11.6 Å². The summed E-state index contributed by atoms with van der Waals surface area (Å²) in [5, 5.41) is 11.8. The van der Waals surface area contributed by atoms with Crippen LogP contribution < -0.4 is 11.1 Å². The third-order valence-electron chi connectivity index (χ3n) is 2.23. The van der Waals surface area contributed by atoms with Crippen LogP contribution in [0.1, 0.15) is 5.56 Å². The summed E-state index contributed by atoms with van der Waals surface area (Å²) in [4.78, 5) is 3.95. The van der Waals surface area contributed by atoms with Crippen molar-refractivity contribution in [3.63, 3.8) is 0 Å². The highest BCUT2D eigenvalue weighted by molar-refractivity contribution is 6.30. The number of nitriles is 1. The molecule has 3 N–H and O–H groups in total. The molecule has 18 heavy (non-hydrogen) atoms. The number of aromatic nitrogens is 1. The van der Waals surface area contributed by atoms with Crippen LogP contribution in [-0.2, 0) is 0 Å². The number of hydrogen-bond donors (Lipinski definition) is 2. The SMILES string of the molecule is N#Cc1cnc(Nc2cc(Cl)ccc2F)c(N)c1. The first kappa shape index (κ1) is 12.1. The summed E-state index contributed by atoms with van der Waals surface area (Å²) in [7, 11) is 0. The maximum atomic E-state index is 13.5. The molecule has 1 aromatic heterocycles. The summed E-state index contributed by atoms with van der Waals surface area (Å²) in [6, 6.07) is 7.48. The van der Waals surface area contributed by atoms with Crippen molar-refractivity contribution in [2.45, 2.75) is 0 Å². The first-order chi connectivity index (χ1) is 8.60. The lowest BCUT2D eigenvalue weighted by atomic mass is 10.2. The topological polar surface area (TPSA) is 74.7 Å². The van der Waals surface area contributed by atoms with Gasteiger partial charge in [-0.15, -0.1) is 0 Å². The minimum absolute atomic E-state index is 0.173. The van der Waals surface area contributed by atoms with Gasteiger partial charge in [0.1, 0.15) is 11.9 Å². The Morgan fingerprint density at radius 1 is 1.39 bits per heavy atom. The summed E-state index contributed by atoms with van der Waals surface area (Å²) in [5.74, 6) is -0.194. The van der Waals surface area contributed by atoms with Crippen LogP contribution in [0.5, 0.6) is 0 Å². The zero-order valence-corrected chi connectivity index (χ0v) is 9.87. The van der Waals surface area contributed by atoms with Crippen molar-refractivity contribution in [2.75, 3.05) is 11.1 Å². The second kappa shape index (κ2) is 4.90. The molecule has 0 saturated carbocycles. The Morgan fingerprint density at radius 3 is 2.83 bits per heavy atom. The fraction of sp³-hybridized carbons (Fsp3) is 0. The standard InChI is InChI=1S/C12H8ClFN4/c13-8-1-2-9(14)11(4-8)18-12-10(16)3-7(5-15)6-17-12/h1-4,6H,16H2,(H,17,18). The molecular weight excluding hydrogens is 255 g/mol. The molecule has 0 bridgehead atoms. The van der Waals surface area contributed by atoms with E-state index in [-0.39, 0.29) is 17.2 Å². The van der Waals surface area contributed by atoms with Crippen molar-refractivity contribution in [3.8, 4) is 6.07 Å². The average Bonchev–Trinajstić information content (AvgIpc) is 2.36. The molecule has 0 unspecified atom stereocenters. The van der Waals surface area contributed by atoms with Crippen LogP contribution in [0.3, 0.4) is 0 Å². The highest BCUT2D eigenvalue weighted by Crippen LogP contribution is 2.25. The van der Waals surface area contributed by atoms with E-state index in [9.17, 15) is 4.39 Å². The maximum absolute atomic E-state index is 13.5. The van der Waals surface area contributed by atoms with Gasteiger partial charge in [0.25, 0.3) is 0 Å². The lowest BCUT2D eigenvalue weighted by Crippen LogP contribution is -2.01. The zero-order chi connectivity index (χ0) is 13.1. The molecule has 1 aromatic carbocycles. The van der Waals surface area contributed by atoms with E-state index in [0.29, 0.717) is 10.6 Å². The van der Waals surface area contributed by atoms with Crippen molar-refractivity contribution < 1.29 is 4.39 Å². The Hall–Kier alpha value is -2.32. The Labute approximate surface area is 108 Å². The largest absolute Gasteiger partial charge is 0.396 e. The van der Waals surface area contributed by atoms with Gasteiger partial charge in [0.05, 0.1) is 16.9 Å². The molecule has 0 saturated heterocycles. The van der Waals surface area contributed by atoms with E-state index >= 15 is 0 Å². The molecule has 0 aliphatic rings. The molecule has 0 fully saturated rings. The van der Waals surface area contributed by atoms with Crippen molar-refractivity contribution >= 4 is 28.8 Å². The molecule has 0 spiro atoms. The lowest BCUT2D eigenvalue weighted by Gasteiger charge is -2.09.